The first-order chi connectivity index (χ1) is 13.2. The van der Waals surface area contributed by atoms with E-state index in [1.807, 2.05) is 55.9 Å². The first-order valence-electron chi connectivity index (χ1n) is 8.53. The van der Waals surface area contributed by atoms with Crippen LogP contribution < -0.4 is 9.64 Å². The van der Waals surface area contributed by atoms with Gasteiger partial charge in [0.15, 0.2) is 0 Å². The molecule has 27 heavy (non-hydrogen) atoms. The van der Waals surface area contributed by atoms with Crippen LogP contribution in [0.3, 0.4) is 0 Å². The fourth-order valence-electron chi connectivity index (χ4n) is 3.31. The highest BCUT2D eigenvalue weighted by Crippen LogP contribution is 2.38. The van der Waals surface area contributed by atoms with Gasteiger partial charge in [0.2, 0.25) is 0 Å². The number of aryl methyl sites for hydroxylation is 1. The van der Waals surface area contributed by atoms with E-state index in [-0.39, 0.29) is 0 Å². The molecule has 0 fully saturated rings. The van der Waals surface area contributed by atoms with E-state index >= 15 is 0 Å². The summed E-state index contributed by atoms with van der Waals surface area (Å²) in [6, 6.07) is 13.6. The van der Waals surface area contributed by atoms with Crippen molar-refractivity contribution >= 4 is 40.1 Å². The van der Waals surface area contributed by atoms with Gasteiger partial charge in [0.05, 0.1) is 33.5 Å². The number of halogens is 1. The number of anilines is 2. The maximum Gasteiger partial charge on any atom is 0.146 e. The van der Waals surface area contributed by atoms with Gasteiger partial charge in [-0.25, -0.2) is 0 Å². The van der Waals surface area contributed by atoms with E-state index in [0.29, 0.717) is 23.2 Å². The van der Waals surface area contributed by atoms with Gasteiger partial charge >= 0.3 is 0 Å². The monoisotopic (exact) mass is 377 g/mol. The zero-order valence-corrected chi connectivity index (χ0v) is 15.3. The Kier molecular flexibility index (Phi) is 3.65. The summed E-state index contributed by atoms with van der Waals surface area (Å²) in [5.74, 6) is 1.31. The van der Waals surface area contributed by atoms with Gasteiger partial charge in [-0.2, -0.15) is 5.10 Å². The number of hydrogen-bond donors (Lipinski definition) is 1. The first-order valence-corrected chi connectivity index (χ1v) is 8.91. The van der Waals surface area contributed by atoms with Crippen molar-refractivity contribution in [3.05, 3.63) is 65.6 Å². The minimum Gasteiger partial charge on any atom is -0.455 e. The molecule has 6 nitrogen and oxygen atoms in total. The number of rotatable bonds is 3. The van der Waals surface area contributed by atoms with Crippen molar-refractivity contribution in [2.24, 2.45) is 12.0 Å². The zero-order chi connectivity index (χ0) is 18.4. The second-order valence-electron chi connectivity index (χ2n) is 6.38. The molecule has 0 atom stereocenters. The molecule has 0 radical (unpaired) electrons. The van der Waals surface area contributed by atoms with Crippen LogP contribution in [0.2, 0.25) is 5.02 Å². The Morgan fingerprint density at radius 3 is 2.96 bits per heavy atom. The number of nitrogens with one attached hydrogen (secondary N) is 1. The second-order valence-corrected chi connectivity index (χ2v) is 6.79. The van der Waals surface area contributed by atoms with E-state index in [2.05, 4.69) is 30.7 Å². The zero-order valence-electron chi connectivity index (χ0n) is 14.6. The number of nitrogens with zero attached hydrogens (tertiary/aromatic N) is 4. The van der Waals surface area contributed by atoms with Gasteiger partial charge in [0, 0.05) is 25.1 Å². The lowest BCUT2D eigenvalue weighted by molar-refractivity contribution is 0.488. The molecule has 1 aliphatic heterocycles. The van der Waals surface area contributed by atoms with E-state index in [4.69, 9.17) is 16.3 Å². The molecule has 0 amide bonds. The molecule has 7 heteroatoms. The largest absolute Gasteiger partial charge is 0.455 e. The quantitative estimate of drug-likeness (QED) is 0.553. The van der Waals surface area contributed by atoms with Crippen molar-refractivity contribution in [2.45, 2.75) is 0 Å². The molecule has 0 bridgehead atoms. The summed E-state index contributed by atoms with van der Waals surface area (Å²) in [5, 5.41) is 8.46. The number of fused-ring (bicyclic) bond motifs is 2. The molecule has 1 N–H and O–H groups in total. The Bertz CT molecular complexity index is 1180. The number of aromatic nitrogens is 3. The molecule has 0 aliphatic carbocycles. The Morgan fingerprint density at radius 1 is 1.15 bits per heavy atom. The molecule has 0 saturated carbocycles. The average molecular weight is 378 g/mol. The Labute approximate surface area is 160 Å². The van der Waals surface area contributed by atoms with Gasteiger partial charge in [-0.05, 0) is 36.4 Å². The van der Waals surface area contributed by atoms with Crippen LogP contribution in [0.4, 0.5) is 11.4 Å². The van der Waals surface area contributed by atoms with Crippen molar-refractivity contribution in [3.8, 4) is 11.5 Å². The number of H-pyrrole nitrogens is 1. The van der Waals surface area contributed by atoms with E-state index < -0.39 is 0 Å². The first kappa shape index (κ1) is 16.0. The standard InChI is InChI=1S/C20H16ClN5O/c1-25-8-7-17-18(25)11-22-12-26(17)13-5-6-20(15(21)9-13)27-19-4-2-3-16-14(19)10-23-24-16/h2-11H,12H2,1H3,(H,23,24). The van der Waals surface area contributed by atoms with Gasteiger partial charge in [0.25, 0.3) is 0 Å². The smallest absolute Gasteiger partial charge is 0.146 e. The lowest BCUT2D eigenvalue weighted by Crippen LogP contribution is -2.21. The molecular weight excluding hydrogens is 362 g/mol. The molecule has 1 aliphatic rings. The summed E-state index contributed by atoms with van der Waals surface area (Å²) in [6.45, 7) is 0.557. The maximum absolute atomic E-state index is 6.54. The third-order valence-electron chi connectivity index (χ3n) is 4.72. The lowest BCUT2D eigenvalue weighted by Gasteiger charge is -2.26. The summed E-state index contributed by atoms with van der Waals surface area (Å²) < 4.78 is 8.10. The van der Waals surface area contributed by atoms with Crippen molar-refractivity contribution < 1.29 is 4.74 Å². The summed E-state index contributed by atoms with van der Waals surface area (Å²) in [5.41, 5.74) is 4.07. The molecule has 2 aromatic heterocycles. The van der Waals surface area contributed by atoms with Crippen molar-refractivity contribution in [3.63, 3.8) is 0 Å². The van der Waals surface area contributed by atoms with Crippen LogP contribution in [0, 0.1) is 0 Å². The fourth-order valence-corrected chi connectivity index (χ4v) is 3.52. The van der Waals surface area contributed by atoms with Crippen LogP contribution in [0.1, 0.15) is 5.69 Å². The Balaban J connectivity index is 1.48. The molecule has 0 saturated heterocycles. The topological polar surface area (TPSA) is 58.4 Å². The number of hydrogen-bond acceptors (Lipinski definition) is 4. The van der Waals surface area contributed by atoms with E-state index in [9.17, 15) is 0 Å². The summed E-state index contributed by atoms with van der Waals surface area (Å²) in [6.07, 6.45) is 5.67. The molecule has 5 rings (SSSR count). The van der Waals surface area contributed by atoms with E-state index in [1.165, 1.54) is 0 Å². The summed E-state index contributed by atoms with van der Waals surface area (Å²) in [7, 11) is 2.01. The highest BCUT2D eigenvalue weighted by atomic mass is 35.5. The normalized spacial score (nSPS) is 13.2. The number of aliphatic imine (C=N–C) groups is 1. The third-order valence-corrected chi connectivity index (χ3v) is 5.01. The predicted molar refractivity (Wildman–Crippen MR) is 108 cm³/mol. The number of aromatic amines is 1. The maximum atomic E-state index is 6.54. The van der Waals surface area contributed by atoms with Crippen LogP contribution in [0.15, 0.2) is 59.9 Å². The van der Waals surface area contributed by atoms with Gasteiger partial charge in [-0.1, -0.05) is 17.7 Å². The van der Waals surface area contributed by atoms with Crippen molar-refractivity contribution in [2.75, 3.05) is 11.6 Å². The Morgan fingerprint density at radius 2 is 2.07 bits per heavy atom. The van der Waals surface area contributed by atoms with Crippen molar-refractivity contribution in [1.82, 2.24) is 14.8 Å². The minimum absolute atomic E-state index is 0.542. The lowest BCUT2D eigenvalue weighted by atomic mass is 10.2. The highest BCUT2D eigenvalue weighted by molar-refractivity contribution is 6.32. The summed E-state index contributed by atoms with van der Waals surface area (Å²) >= 11 is 6.54. The highest BCUT2D eigenvalue weighted by Gasteiger charge is 2.19. The van der Waals surface area contributed by atoms with Crippen LogP contribution in [0.25, 0.3) is 10.9 Å². The second kappa shape index (κ2) is 6.17. The third kappa shape index (κ3) is 2.65. The molecule has 4 aromatic rings. The number of ether oxygens (including phenoxy) is 1. The average Bonchev–Trinajstić information content (AvgIpc) is 3.31. The minimum atomic E-state index is 0.542. The van der Waals surface area contributed by atoms with Gasteiger partial charge < -0.3 is 14.2 Å². The molecule has 0 unspecified atom stereocenters. The molecule has 2 aromatic carbocycles. The molecule has 0 spiro atoms. The van der Waals surface area contributed by atoms with Gasteiger partial charge in [-0.3, -0.25) is 10.1 Å². The summed E-state index contributed by atoms with van der Waals surface area (Å²) in [4.78, 5) is 6.58. The SMILES string of the molecule is Cn1ccc2c1C=NCN2c1ccc(Oc2cccc3[nH]ncc23)c(Cl)c1. The van der Waals surface area contributed by atoms with Crippen LogP contribution in [-0.4, -0.2) is 27.6 Å². The van der Waals surface area contributed by atoms with Crippen LogP contribution in [-0.2, 0) is 7.05 Å². The van der Waals surface area contributed by atoms with Gasteiger partial charge in [-0.15, -0.1) is 0 Å². The van der Waals surface area contributed by atoms with Crippen LogP contribution in [0.5, 0.6) is 11.5 Å². The van der Waals surface area contributed by atoms with Crippen molar-refractivity contribution in [1.29, 1.82) is 0 Å². The predicted octanol–water partition coefficient (Wildman–Crippen LogP) is 4.88. The fraction of sp³-hybridized carbons (Fsp3) is 0.100. The van der Waals surface area contributed by atoms with E-state index in [0.717, 1.165) is 28.0 Å². The number of benzene rings is 2. The molecule has 134 valence electrons. The molecule has 3 heterocycles. The van der Waals surface area contributed by atoms with Gasteiger partial charge in [0.1, 0.15) is 18.2 Å². The Hall–Kier alpha value is -3.25. The van der Waals surface area contributed by atoms with E-state index in [1.54, 1.807) is 6.20 Å². The van der Waals surface area contributed by atoms with Crippen LogP contribution >= 0.6 is 11.6 Å². The molecular formula is C20H16ClN5O.